The molecule has 0 saturated heterocycles. The van der Waals surface area contributed by atoms with Gasteiger partial charge in [-0.25, -0.2) is 0 Å². The summed E-state index contributed by atoms with van der Waals surface area (Å²) in [4.78, 5) is 21.7. The molecule has 1 atom stereocenters. The first kappa shape index (κ1) is 10.9. The number of nitrogens with two attached hydrogens (primary N) is 1. The smallest absolute Gasteiger partial charge is 0.321 e. The van der Waals surface area contributed by atoms with Crippen molar-refractivity contribution in [2.75, 3.05) is 20.1 Å². The molecule has 0 radical (unpaired) electrons. The third-order valence-corrected chi connectivity index (χ3v) is 1.23. The number of nitrogens with zero attached hydrogens (tertiary/aromatic N) is 1. The molecule has 0 aromatic carbocycles. The summed E-state index contributed by atoms with van der Waals surface area (Å²) in [7, 11) is 1.50. The summed E-state index contributed by atoms with van der Waals surface area (Å²) in [6.45, 7) is -0.178. The first-order chi connectivity index (χ1) is 5.43. The molecule has 0 bridgehead atoms. The zero-order valence-corrected chi connectivity index (χ0v) is 6.73. The second-order valence-corrected chi connectivity index (χ2v) is 2.54. The van der Waals surface area contributed by atoms with Gasteiger partial charge in [0, 0.05) is 6.54 Å². The predicted molar refractivity (Wildman–Crippen MR) is 40.7 cm³/mol. The minimum atomic E-state index is -1.13. The lowest BCUT2D eigenvalue weighted by Crippen LogP contribution is -2.42. The Morgan fingerprint density at radius 3 is 2.33 bits per heavy atom. The van der Waals surface area contributed by atoms with Gasteiger partial charge in [0.1, 0.15) is 6.04 Å². The highest BCUT2D eigenvalue weighted by atomic mass is 16.4. The van der Waals surface area contributed by atoms with E-state index in [4.69, 9.17) is 15.9 Å². The summed E-state index contributed by atoms with van der Waals surface area (Å²) >= 11 is 0. The van der Waals surface area contributed by atoms with E-state index >= 15 is 0 Å². The molecule has 0 aliphatic heterocycles. The molecule has 0 heterocycles. The number of carboxylic acids is 2. The molecule has 0 aromatic rings. The molecule has 0 fully saturated rings. The van der Waals surface area contributed by atoms with Gasteiger partial charge in [-0.15, -0.1) is 0 Å². The molecule has 0 aliphatic rings. The van der Waals surface area contributed by atoms with Gasteiger partial charge in [-0.1, -0.05) is 0 Å². The Kier molecular flexibility index (Phi) is 4.24. The van der Waals surface area contributed by atoms with Crippen molar-refractivity contribution in [3.8, 4) is 0 Å². The molecule has 0 spiro atoms. The first-order valence-electron chi connectivity index (χ1n) is 3.32. The molecule has 6 nitrogen and oxygen atoms in total. The van der Waals surface area contributed by atoms with Crippen LogP contribution in [0.3, 0.4) is 0 Å². The van der Waals surface area contributed by atoms with E-state index in [-0.39, 0.29) is 13.1 Å². The van der Waals surface area contributed by atoms with Gasteiger partial charge in [-0.2, -0.15) is 0 Å². The van der Waals surface area contributed by atoms with Crippen molar-refractivity contribution in [1.82, 2.24) is 4.90 Å². The van der Waals surface area contributed by atoms with E-state index in [0.29, 0.717) is 0 Å². The van der Waals surface area contributed by atoms with E-state index < -0.39 is 18.0 Å². The van der Waals surface area contributed by atoms with Gasteiger partial charge in [-0.05, 0) is 7.05 Å². The molecule has 6 heteroatoms. The minimum Gasteiger partial charge on any atom is -0.480 e. The molecule has 4 N–H and O–H groups in total. The molecule has 0 saturated carbocycles. The van der Waals surface area contributed by atoms with Crippen LogP contribution in [0.25, 0.3) is 0 Å². The third-order valence-electron chi connectivity index (χ3n) is 1.23. The fourth-order valence-electron chi connectivity index (χ4n) is 0.709. The van der Waals surface area contributed by atoms with Gasteiger partial charge in [0.05, 0.1) is 6.54 Å². The van der Waals surface area contributed by atoms with Gasteiger partial charge in [0.2, 0.25) is 0 Å². The lowest BCUT2D eigenvalue weighted by molar-refractivity contribution is -0.141. The van der Waals surface area contributed by atoms with Crippen LogP contribution >= 0.6 is 0 Å². The summed E-state index contributed by atoms with van der Waals surface area (Å²) in [5.41, 5.74) is 5.16. The van der Waals surface area contributed by atoms with E-state index in [9.17, 15) is 9.59 Å². The summed E-state index contributed by atoms with van der Waals surface area (Å²) < 4.78 is 0. The fourth-order valence-corrected chi connectivity index (χ4v) is 0.709. The van der Waals surface area contributed by atoms with Gasteiger partial charge < -0.3 is 15.9 Å². The Labute approximate surface area is 69.6 Å². The summed E-state index contributed by atoms with van der Waals surface area (Å²) in [6, 6.07) is -1.03. The zero-order valence-electron chi connectivity index (χ0n) is 6.73. The fraction of sp³-hybridized carbons (Fsp3) is 0.667. The number of likely N-dealkylation sites (N-methyl/N-ethyl adjacent to an activating group) is 1. The van der Waals surface area contributed by atoms with Crippen LogP contribution in [0.2, 0.25) is 0 Å². The van der Waals surface area contributed by atoms with Crippen molar-refractivity contribution in [3.05, 3.63) is 0 Å². The maximum absolute atomic E-state index is 10.2. The maximum atomic E-state index is 10.2. The van der Waals surface area contributed by atoms with E-state index in [2.05, 4.69) is 0 Å². The van der Waals surface area contributed by atoms with Crippen molar-refractivity contribution >= 4 is 11.9 Å². The topological polar surface area (TPSA) is 104 Å². The molecule has 1 unspecified atom stereocenters. The van der Waals surface area contributed by atoms with Crippen LogP contribution in [0.5, 0.6) is 0 Å². The Balaban J connectivity index is 3.76. The Morgan fingerprint density at radius 2 is 2.00 bits per heavy atom. The van der Waals surface area contributed by atoms with Crippen molar-refractivity contribution in [1.29, 1.82) is 0 Å². The number of carbonyl (C=O) groups is 2. The van der Waals surface area contributed by atoms with Gasteiger partial charge >= 0.3 is 11.9 Å². The van der Waals surface area contributed by atoms with Crippen LogP contribution in [0.1, 0.15) is 0 Å². The SMILES string of the molecule is CN(CC(=O)O)CC(N)C(=O)O. The zero-order chi connectivity index (χ0) is 9.72. The van der Waals surface area contributed by atoms with Crippen LogP contribution < -0.4 is 5.73 Å². The third kappa shape index (κ3) is 4.64. The molecule has 0 rings (SSSR count). The quantitative estimate of drug-likeness (QED) is 0.466. The molecular weight excluding hydrogens is 164 g/mol. The van der Waals surface area contributed by atoms with Crippen molar-refractivity contribution in [2.45, 2.75) is 6.04 Å². The van der Waals surface area contributed by atoms with Gasteiger partial charge in [0.15, 0.2) is 0 Å². The monoisotopic (exact) mass is 176 g/mol. The average molecular weight is 176 g/mol. The normalized spacial score (nSPS) is 12.9. The number of carboxylic acid groups (broad SMARTS) is 2. The second kappa shape index (κ2) is 4.68. The predicted octanol–water partition coefficient (Wildman–Crippen LogP) is -1.59. The summed E-state index contributed by atoms with van der Waals surface area (Å²) in [5, 5.41) is 16.7. The largest absolute Gasteiger partial charge is 0.480 e. The van der Waals surface area contributed by atoms with Crippen LogP contribution in [-0.4, -0.2) is 53.2 Å². The van der Waals surface area contributed by atoms with Gasteiger partial charge in [-0.3, -0.25) is 14.5 Å². The van der Waals surface area contributed by atoms with Gasteiger partial charge in [0.25, 0.3) is 0 Å². The minimum absolute atomic E-state index is 0.0294. The van der Waals surface area contributed by atoms with Crippen LogP contribution in [0, 0.1) is 0 Å². The summed E-state index contributed by atoms with van der Waals surface area (Å²) in [6.07, 6.45) is 0. The molecule has 0 aliphatic carbocycles. The Morgan fingerprint density at radius 1 is 1.50 bits per heavy atom. The van der Waals surface area contributed by atoms with Crippen LogP contribution in [0.15, 0.2) is 0 Å². The van der Waals surface area contributed by atoms with Crippen LogP contribution in [-0.2, 0) is 9.59 Å². The highest BCUT2D eigenvalue weighted by Gasteiger charge is 2.15. The number of rotatable bonds is 5. The highest BCUT2D eigenvalue weighted by Crippen LogP contribution is 1.86. The molecule has 0 amide bonds. The first-order valence-corrected chi connectivity index (χ1v) is 3.32. The highest BCUT2D eigenvalue weighted by molar-refractivity contribution is 5.73. The standard InChI is InChI=1S/C6H12N2O4/c1-8(3-5(9)10)2-4(7)6(11)12/h4H,2-3,7H2,1H3,(H,9,10)(H,11,12). The molecule has 12 heavy (non-hydrogen) atoms. The Bertz CT molecular complexity index is 182. The average Bonchev–Trinajstić information content (AvgIpc) is 1.84. The molecule has 0 aromatic heterocycles. The van der Waals surface area contributed by atoms with E-state index in [1.807, 2.05) is 0 Å². The maximum Gasteiger partial charge on any atom is 0.321 e. The molecular formula is C6H12N2O4. The van der Waals surface area contributed by atoms with E-state index in [0.717, 1.165) is 0 Å². The second-order valence-electron chi connectivity index (χ2n) is 2.54. The van der Waals surface area contributed by atoms with Crippen LogP contribution in [0.4, 0.5) is 0 Å². The van der Waals surface area contributed by atoms with E-state index in [1.54, 1.807) is 0 Å². The number of hydrogen-bond donors (Lipinski definition) is 3. The van der Waals surface area contributed by atoms with E-state index in [1.165, 1.54) is 11.9 Å². The van der Waals surface area contributed by atoms with Crippen molar-refractivity contribution < 1.29 is 19.8 Å². The number of hydrogen-bond acceptors (Lipinski definition) is 4. The number of aliphatic carboxylic acids is 2. The lowest BCUT2D eigenvalue weighted by atomic mass is 10.3. The van der Waals surface area contributed by atoms with Crippen molar-refractivity contribution in [2.24, 2.45) is 5.73 Å². The summed E-state index contributed by atoms with van der Waals surface area (Å²) in [5.74, 6) is -2.14. The Hall–Kier alpha value is -1.14. The van der Waals surface area contributed by atoms with Crippen molar-refractivity contribution in [3.63, 3.8) is 0 Å². The molecule has 70 valence electrons. The lowest BCUT2D eigenvalue weighted by Gasteiger charge is -2.15.